The van der Waals surface area contributed by atoms with Crippen LogP contribution in [0.1, 0.15) is 16.1 Å². The fourth-order valence-corrected chi connectivity index (χ4v) is 2.32. The summed E-state index contributed by atoms with van der Waals surface area (Å²) in [6.07, 6.45) is 1.97. The number of nitrogens with zero attached hydrogens (tertiary/aromatic N) is 4. The third-order valence-corrected chi connectivity index (χ3v) is 4.14. The average molecular weight is 370 g/mol. The highest BCUT2D eigenvalue weighted by atomic mass is 35.5. The maximum absolute atomic E-state index is 12.0. The van der Waals surface area contributed by atoms with E-state index in [0.717, 1.165) is 5.56 Å². The number of nitrogens with one attached hydrogen (secondary N) is 1. The first kappa shape index (κ1) is 18.2. The highest BCUT2D eigenvalue weighted by Gasteiger charge is 2.13. The van der Waals surface area contributed by atoms with Crippen molar-refractivity contribution in [3.8, 4) is 0 Å². The number of aromatic nitrogens is 3. The molecule has 0 aliphatic rings. The van der Waals surface area contributed by atoms with Gasteiger partial charge in [0.25, 0.3) is 5.91 Å². The zero-order valence-corrected chi connectivity index (χ0v) is 14.8. The second-order valence-corrected chi connectivity index (χ2v) is 6.09. The van der Waals surface area contributed by atoms with Crippen molar-refractivity contribution in [2.75, 3.05) is 20.6 Å². The quantitative estimate of drug-likeness (QED) is 0.839. The topological polar surface area (TPSA) is 80.1 Å². The van der Waals surface area contributed by atoms with E-state index < -0.39 is 0 Å². The summed E-state index contributed by atoms with van der Waals surface area (Å²) in [5, 5.41) is 11.2. The van der Waals surface area contributed by atoms with E-state index in [4.69, 9.17) is 23.2 Å². The van der Waals surface area contributed by atoms with Crippen LogP contribution in [0.5, 0.6) is 0 Å². The second-order valence-electron chi connectivity index (χ2n) is 5.31. The van der Waals surface area contributed by atoms with Crippen LogP contribution in [-0.4, -0.2) is 52.3 Å². The van der Waals surface area contributed by atoms with Crippen molar-refractivity contribution in [2.24, 2.45) is 0 Å². The molecule has 0 saturated carbocycles. The van der Waals surface area contributed by atoms with E-state index in [9.17, 15) is 9.59 Å². The van der Waals surface area contributed by atoms with Crippen molar-refractivity contribution in [1.82, 2.24) is 25.2 Å². The first-order valence-electron chi connectivity index (χ1n) is 7.20. The lowest BCUT2D eigenvalue weighted by molar-refractivity contribution is -0.129. The van der Waals surface area contributed by atoms with Gasteiger partial charge in [0.1, 0.15) is 6.54 Å². The Kier molecular flexibility index (Phi) is 6.16. The summed E-state index contributed by atoms with van der Waals surface area (Å²) in [6.45, 7) is 0.411. The number of hydrogen-bond acceptors (Lipinski definition) is 4. The van der Waals surface area contributed by atoms with Gasteiger partial charge in [0.05, 0.1) is 16.2 Å². The SMILES string of the molecule is CN(C)C(=O)Cn1cc(C(=O)NCCc2cccc(Cl)c2Cl)nn1. The fourth-order valence-electron chi connectivity index (χ4n) is 1.90. The van der Waals surface area contributed by atoms with Crippen molar-refractivity contribution in [2.45, 2.75) is 13.0 Å². The summed E-state index contributed by atoms with van der Waals surface area (Å²) in [5.74, 6) is -0.501. The third-order valence-electron chi connectivity index (χ3n) is 3.28. The molecule has 1 aromatic carbocycles. The summed E-state index contributed by atoms with van der Waals surface area (Å²) >= 11 is 12.0. The summed E-state index contributed by atoms with van der Waals surface area (Å²) in [6, 6.07) is 5.36. The number of carbonyl (C=O) groups is 2. The molecule has 0 unspecified atom stereocenters. The minimum Gasteiger partial charge on any atom is -0.350 e. The lowest BCUT2D eigenvalue weighted by atomic mass is 10.1. The van der Waals surface area contributed by atoms with E-state index in [1.807, 2.05) is 6.07 Å². The maximum atomic E-state index is 12.0. The smallest absolute Gasteiger partial charge is 0.273 e. The Balaban J connectivity index is 1.88. The van der Waals surface area contributed by atoms with Crippen molar-refractivity contribution < 1.29 is 9.59 Å². The zero-order chi connectivity index (χ0) is 17.7. The first-order valence-corrected chi connectivity index (χ1v) is 7.95. The molecule has 1 heterocycles. The third kappa shape index (κ3) is 4.69. The molecule has 0 fully saturated rings. The maximum Gasteiger partial charge on any atom is 0.273 e. The van der Waals surface area contributed by atoms with Crippen molar-refractivity contribution in [1.29, 1.82) is 0 Å². The van der Waals surface area contributed by atoms with Gasteiger partial charge in [-0.1, -0.05) is 40.5 Å². The van der Waals surface area contributed by atoms with Gasteiger partial charge in [0, 0.05) is 20.6 Å². The molecule has 2 rings (SSSR count). The molecule has 128 valence electrons. The van der Waals surface area contributed by atoms with Gasteiger partial charge in [-0.15, -0.1) is 5.10 Å². The Morgan fingerprint density at radius 2 is 2.04 bits per heavy atom. The molecular weight excluding hydrogens is 353 g/mol. The number of halogens is 2. The van der Waals surface area contributed by atoms with Gasteiger partial charge in [-0.2, -0.15) is 0 Å². The van der Waals surface area contributed by atoms with Crippen molar-refractivity contribution in [3.05, 3.63) is 45.7 Å². The normalized spacial score (nSPS) is 10.5. The number of hydrogen-bond donors (Lipinski definition) is 1. The zero-order valence-electron chi connectivity index (χ0n) is 13.3. The molecule has 2 aromatic rings. The monoisotopic (exact) mass is 369 g/mol. The van der Waals surface area contributed by atoms with Gasteiger partial charge in [-0.05, 0) is 18.1 Å². The van der Waals surface area contributed by atoms with Crippen LogP contribution in [0.3, 0.4) is 0 Å². The van der Waals surface area contributed by atoms with Crippen LogP contribution < -0.4 is 5.32 Å². The molecule has 7 nitrogen and oxygen atoms in total. The van der Waals surface area contributed by atoms with Gasteiger partial charge < -0.3 is 10.2 Å². The van der Waals surface area contributed by atoms with Gasteiger partial charge in [-0.3, -0.25) is 9.59 Å². The molecule has 0 bridgehead atoms. The molecule has 0 atom stereocenters. The Morgan fingerprint density at radius 1 is 1.29 bits per heavy atom. The molecule has 0 radical (unpaired) electrons. The summed E-state index contributed by atoms with van der Waals surface area (Å²) < 4.78 is 1.32. The van der Waals surface area contributed by atoms with E-state index in [1.54, 1.807) is 26.2 Å². The molecule has 0 aliphatic heterocycles. The fraction of sp³-hybridized carbons (Fsp3) is 0.333. The van der Waals surface area contributed by atoms with Gasteiger partial charge >= 0.3 is 0 Å². The summed E-state index contributed by atoms with van der Waals surface area (Å²) in [4.78, 5) is 25.1. The van der Waals surface area contributed by atoms with E-state index in [2.05, 4.69) is 15.6 Å². The average Bonchev–Trinajstić information content (AvgIpc) is 2.99. The van der Waals surface area contributed by atoms with Crippen molar-refractivity contribution >= 4 is 35.0 Å². The standard InChI is InChI=1S/C15H17Cl2N5O2/c1-21(2)13(23)9-22-8-12(19-20-22)15(24)18-7-6-10-4-3-5-11(16)14(10)17/h3-5,8H,6-7,9H2,1-2H3,(H,18,24). The minimum atomic E-state index is -0.364. The molecule has 0 saturated heterocycles. The van der Waals surface area contributed by atoms with Gasteiger partial charge in [-0.25, -0.2) is 4.68 Å². The summed E-state index contributed by atoms with van der Waals surface area (Å²) in [7, 11) is 3.29. The second kappa shape index (κ2) is 8.12. The molecule has 9 heteroatoms. The van der Waals surface area contributed by atoms with E-state index in [0.29, 0.717) is 23.0 Å². The lowest BCUT2D eigenvalue weighted by Gasteiger charge is -2.08. The molecule has 2 amide bonds. The largest absolute Gasteiger partial charge is 0.350 e. The van der Waals surface area contributed by atoms with E-state index in [-0.39, 0.29) is 24.1 Å². The number of benzene rings is 1. The molecular formula is C15H17Cl2N5O2. The Bertz CT molecular complexity index is 745. The van der Waals surface area contributed by atoms with Crippen LogP contribution in [0.25, 0.3) is 0 Å². The number of amides is 2. The van der Waals surface area contributed by atoms with Crippen molar-refractivity contribution in [3.63, 3.8) is 0 Å². The predicted octanol–water partition coefficient (Wildman–Crippen LogP) is 1.65. The Labute approximate surface area is 149 Å². The van der Waals surface area contributed by atoms with Crippen LogP contribution in [-0.2, 0) is 17.8 Å². The summed E-state index contributed by atoms with van der Waals surface area (Å²) in [5.41, 5.74) is 1.00. The van der Waals surface area contributed by atoms with Gasteiger partial charge in [0.15, 0.2) is 5.69 Å². The minimum absolute atomic E-state index is 0.0331. The predicted molar refractivity (Wildman–Crippen MR) is 91.2 cm³/mol. The number of carbonyl (C=O) groups excluding carboxylic acids is 2. The molecule has 1 aromatic heterocycles. The van der Waals surface area contributed by atoms with Crippen LogP contribution in [0.4, 0.5) is 0 Å². The van der Waals surface area contributed by atoms with Crippen LogP contribution in [0, 0.1) is 0 Å². The first-order chi connectivity index (χ1) is 11.4. The van der Waals surface area contributed by atoms with Crippen LogP contribution >= 0.6 is 23.2 Å². The number of likely N-dealkylation sites (N-methyl/N-ethyl adjacent to an activating group) is 1. The number of rotatable bonds is 6. The van der Waals surface area contributed by atoms with Gasteiger partial charge in [0.2, 0.25) is 5.91 Å². The van der Waals surface area contributed by atoms with E-state index in [1.165, 1.54) is 15.8 Å². The molecule has 0 aliphatic carbocycles. The lowest BCUT2D eigenvalue weighted by Crippen LogP contribution is -2.27. The molecule has 24 heavy (non-hydrogen) atoms. The highest BCUT2D eigenvalue weighted by Crippen LogP contribution is 2.25. The Morgan fingerprint density at radius 3 is 2.75 bits per heavy atom. The highest BCUT2D eigenvalue weighted by molar-refractivity contribution is 6.42. The Hall–Kier alpha value is -2.12. The van der Waals surface area contributed by atoms with Crippen LogP contribution in [0.2, 0.25) is 10.0 Å². The van der Waals surface area contributed by atoms with Crippen LogP contribution in [0.15, 0.2) is 24.4 Å². The molecule has 0 spiro atoms. The van der Waals surface area contributed by atoms with E-state index >= 15 is 0 Å². The molecule has 1 N–H and O–H groups in total.